The van der Waals surface area contributed by atoms with Gasteiger partial charge in [0, 0.05) is 30.5 Å². The summed E-state index contributed by atoms with van der Waals surface area (Å²) in [6.45, 7) is 3.86. The molecular weight excluding hydrogens is 284 g/mol. The maximum atomic E-state index is 12.5. The third-order valence-electron chi connectivity index (χ3n) is 3.93. The number of aromatic nitrogens is 1. The predicted molar refractivity (Wildman–Crippen MR) is 83.7 cm³/mol. The number of hydrogen-bond donors (Lipinski definition) is 1. The maximum absolute atomic E-state index is 12.5. The fourth-order valence-corrected chi connectivity index (χ4v) is 4.18. The van der Waals surface area contributed by atoms with E-state index in [2.05, 4.69) is 4.72 Å². The lowest BCUT2D eigenvalue weighted by Crippen LogP contribution is -2.26. The Labute approximate surface area is 125 Å². The van der Waals surface area contributed by atoms with E-state index < -0.39 is 10.0 Å². The van der Waals surface area contributed by atoms with Crippen LogP contribution in [-0.4, -0.2) is 19.0 Å². The van der Waals surface area contributed by atoms with E-state index in [4.69, 9.17) is 0 Å². The Morgan fingerprint density at radius 1 is 1.19 bits per heavy atom. The lowest BCUT2D eigenvalue weighted by atomic mass is 10.0. The molecule has 4 nitrogen and oxygen atoms in total. The minimum Gasteiger partial charge on any atom is -0.351 e. The molecule has 5 heteroatoms. The quantitative estimate of drug-likeness (QED) is 0.944. The molecule has 0 saturated heterocycles. The van der Waals surface area contributed by atoms with Crippen molar-refractivity contribution >= 4 is 10.0 Å². The van der Waals surface area contributed by atoms with Crippen LogP contribution < -0.4 is 4.72 Å². The van der Waals surface area contributed by atoms with Crippen molar-refractivity contribution in [1.29, 1.82) is 0 Å². The van der Waals surface area contributed by atoms with E-state index in [-0.39, 0.29) is 6.04 Å². The van der Waals surface area contributed by atoms with E-state index >= 15 is 0 Å². The molecule has 0 spiro atoms. The van der Waals surface area contributed by atoms with Gasteiger partial charge in [-0.1, -0.05) is 6.07 Å². The second-order valence-corrected chi connectivity index (χ2v) is 7.51. The van der Waals surface area contributed by atoms with Crippen LogP contribution in [0.5, 0.6) is 0 Å². The number of rotatable bonds is 4. The lowest BCUT2D eigenvalue weighted by molar-refractivity contribution is 0.580. The van der Waals surface area contributed by atoms with Gasteiger partial charge in [0.25, 0.3) is 0 Å². The number of nitrogens with zero attached hydrogens (tertiary/aromatic N) is 1. The van der Waals surface area contributed by atoms with Crippen molar-refractivity contribution in [2.45, 2.75) is 37.6 Å². The maximum Gasteiger partial charge on any atom is 0.241 e. The van der Waals surface area contributed by atoms with Crippen LogP contribution >= 0.6 is 0 Å². The molecule has 1 aliphatic carbocycles. The van der Waals surface area contributed by atoms with Gasteiger partial charge < -0.3 is 4.57 Å². The summed E-state index contributed by atoms with van der Waals surface area (Å²) >= 11 is 0. The Kier molecular flexibility index (Phi) is 3.42. The topological polar surface area (TPSA) is 51.1 Å². The molecule has 0 amide bonds. The van der Waals surface area contributed by atoms with Gasteiger partial charge >= 0.3 is 0 Å². The van der Waals surface area contributed by atoms with Crippen LogP contribution in [0.4, 0.5) is 0 Å². The van der Waals surface area contributed by atoms with Gasteiger partial charge in [0.05, 0.1) is 4.90 Å². The van der Waals surface area contributed by atoms with Crippen LogP contribution in [0.25, 0.3) is 11.3 Å². The highest BCUT2D eigenvalue weighted by Crippen LogP contribution is 2.30. The smallest absolute Gasteiger partial charge is 0.241 e. The van der Waals surface area contributed by atoms with E-state index in [1.807, 2.05) is 49.9 Å². The fourth-order valence-electron chi connectivity index (χ4n) is 2.62. The zero-order chi connectivity index (χ0) is 15.2. The molecule has 1 saturated carbocycles. The summed E-state index contributed by atoms with van der Waals surface area (Å²) in [6.07, 6.45) is 3.84. The largest absolute Gasteiger partial charge is 0.351 e. The van der Waals surface area contributed by atoms with E-state index in [0.717, 1.165) is 35.2 Å². The first-order chi connectivity index (χ1) is 9.88. The first-order valence-corrected chi connectivity index (χ1v) is 8.62. The van der Waals surface area contributed by atoms with Crippen LogP contribution in [0.1, 0.15) is 24.0 Å². The minimum atomic E-state index is -3.43. The van der Waals surface area contributed by atoms with Crippen molar-refractivity contribution < 1.29 is 8.42 Å². The molecule has 1 fully saturated rings. The van der Waals surface area contributed by atoms with Gasteiger partial charge in [-0.15, -0.1) is 0 Å². The number of nitrogens with one attached hydrogen (secondary N) is 1. The molecule has 1 aliphatic rings. The monoisotopic (exact) mass is 304 g/mol. The number of hydrogen-bond acceptors (Lipinski definition) is 2. The van der Waals surface area contributed by atoms with Crippen LogP contribution in [-0.2, 0) is 17.1 Å². The van der Waals surface area contributed by atoms with Gasteiger partial charge in [0.1, 0.15) is 0 Å². The Morgan fingerprint density at radius 2 is 1.90 bits per heavy atom. The molecule has 0 aliphatic heterocycles. The molecule has 112 valence electrons. The SMILES string of the molecule is Cc1cc(C)c(S(=O)(=O)NC2CC2)cc1-c1cccn1C. The Balaban J connectivity index is 2.12. The van der Waals surface area contributed by atoms with E-state index in [0.29, 0.717) is 4.90 Å². The zero-order valence-corrected chi connectivity index (χ0v) is 13.4. The van der Waals surface area contributed by atoms with Gasteiger partial charge in [0.2, 0.25) is 10.0 Å². The summed E-state index contributed by atoms with van der Waals surface area (Å²) in [5, 5.41) is 0. The molecule has 2 aromatic rings. The van der Waals surface area contributed by atoms with Crippen LogP contribution in [0.2, 0.25) is 0 Å². The van der Waals surface area contributed by atoms with Gasteiger partial charge in [-0.25, -0.2) is 13.1 Å². The van der Waals surface area contributed by atoms with Crippen molar-refractivity contribution in [1.82, 2.24) is 9.29 Å². The Hall–Kier alpha value is -1.59. The first kappa shape index (κ1) is 14.4. The molecule has 1 aromatic carbocycles. The average molecular weight is 304 g/mol. The Morgan fingerprint density at radius 3 is 2.48 bits per heavy atom. The Bertz CT molecular complexity index is 787. The second-order valence-electron chi connectivity index (χ2n) is 5.83. The third-order valence-corrected chi connectivity index (χ3v) is 5.59. The summed E-state index contributed by atoms with van der Waals surface area (Å²) in [5.74, 6) is 0. The van der Waals surface area contributed by atoms with Crippen LogP contribution in [0.15, 0.2) is 35.4 Å². The molecule has 0 bridgehead atoms. The van der Waals surface area contributed by atoms with Crippen LogP contribution in [0, 0.1) is 13.8 Å². The fraction of sp³-hybridized carbons (Fsp3) is 0.375. The normalized spacial score (nSPS) is 15.4. The van der Waals surface area contributed by atoms with E-state index in [1.165, 1.54) is 0 Å². The first-order valence-electron chi connectivity index (χ1n) is 7.14. The summed E-state index contributed by atoms with van der Waals surface area (Å²) in [5.41, 5.74) is 3.86. The van der Waals surface area contributed by atoms with Crippen molar-refractivity contribution in [3.63, 3.8) is 0 Å². The molecule has 21 heavy (non-hydrogen) atoms. The number of aryl methyl sites for hydroxylation is 3. The molecule has 0 radical (unpaired) electrons. The van der Waals surface area contributed by atoms with Gasteiger partial charge in [-0.3, -0.25) is 0 Å². The average Bonchev–Trinajstić information content (AvgIpc) is 3.08. The van der Waals surface area contributed by atoms with Gasteiger partial charge in [-0.2, -0.15) is 0 Å². The lowest BCUT2D eigenvalue weighted by Gasteiger charge is -2.14. The van der Waals surface area contributed by atoms with Crippen molar-refractivity contribution in [3.05, 3.63) is 41.6 Å². The van der Waals surface area contributed by atoms with Crippen molar-refractivity contribution in [2.24, 2.45) is 7.05 Å². The summed E-state index contributed by atoms with van der Waals surface area (Å²) in [7, 11) is -1.47. The van der Waals surface area contributed by atoms with Gasteiger partial charge in [0.15, 0.2) is 0 Å². The standard InChI is InChI=1S/C16H20N2O2S/c1-11-9-12(2)16(21(19,20)17-13-6-7-13)10-14(11)15-5-4-8-18(15)3/h4-5,8-10,13,17H,6-7H2,1-3H3. The summed E-state index contributed by atoms with van der Waals surface area (Å²) < 4.78 is 29.8. The highest BCUT2D eigenvalue weighted by molar-refractivity contribution is 7.89. The number of benzene rings is 1. The summed E-state index contributed by atoms with van der Waals surface area (Å²) in [6, 6.07) is 7.83. The van der Waals surface area contributed by atoms with Gasteiger partial charge in [-0.05, 0) is 56.0 Å². The van der Waals surface area contributed by atoms with Crippen molar-refractivity contribution in [3.8, 4) is 11.3 Å². The second kappa shape index (κ2) is 5.00. The zero-order valence-electron chi connectivity index (χ0n) is 12.6. The minimum absolute atomic E-state index is 0.120. The third kappa shape index (κ3) is 2.76. The molecule has 1 aromatic heterocycles. The molecule has 0 atom stereocenters. The molecule has 3 rings (SSSR count). The highest BCUT2D eigenvalue weighted by Gasteiger charge is 2.29. The number of sulfonamides is 1. The highest BCUT2D eigenvalue weighted by atomic mass is 32.2. The predicted octanol–water partition coefficient (Wildman–Crippen LogP) is 2.75. The molecule has 1 N–H and O–H groups in total. The molecule has 0 unspecified atom stereocenters. The van der Waals surface area contributed by atoms with Crippen molar-refractivity contribution in [2.75, 3.05) is 0 Å². The van der Waals surface area contributed by atoms with Crippen LogP contribution in [0.3, 0.4) is 0 Å². The summed E-state index contributed by atoms with van der Waals surface area (Å²) in [4.78, 5) is 0.385. The molecular formula is C16H20N2O2S. The van der Waals surface area contributed by atoms with E-state index in [1.54, 1.807) is 6.07 Å². The molecule has 1 heterocycles. The van der Waals surface area contributed by atoms with E-state index in [9.17, 15) is 8.42 Å².